The molecule has 1 N–H and O–H groups in total. The van der Waals surface area contributed by atoms with Gasteiger partial charge in [-0.05, 0) is 50.1 Å². The number of amides is 1. The molecule has 1 saturated heterocycles. The maximum absolute atomic E-state index is 13.0. The van der Waals surface area contributed by atoms with Crippen molar-refractivity contribution in [3.63, 3.8) is 0 Å². The molecule has 31 heavy (non-hydrogen) atoms. The summed E-state index contributed by atoms with van der Waals surface area (Å²) in [5, 5.41) is 13.6. The Morgan fingerprint density at radius 1 is 1.06 bits per heavy atom. The van der Waals surface area contributed by atoms with Crippen LogP contribution in [0, 0.1) is 24.0 Å². The van der Waals surface area contributed by atoms with Crippen LogP contribution in [-0.2, 0) is 14.8 Å². The zero-order valence-electron chi connectivity index (χ0n) is 17.7. The normalized spacial score (nSPS) is 16.6. The fraction of sp³-hybridized carbons (Fsp3) is 0.381. The Bertz CT molecular complexity index is 1090. The summed E-state index contributed by atoms with van der Waals surface area (Å²) >= 11 is 0. The summed E-state index contributed by atoms with van der Waals surface area (Å²) in [6, 6.07) is 10.4. The molecule has 1 fully saturated rings. The highest BCUT2D eigenvalue weighted by Crippen LogP contribution is 2.22. The molecule has 9 nitrogen and oxygen atoms in total. The number of non-ortho nitro benzene ring substituents is 1. The molecule has 1 amide bonds. The van der Waals surface area contributed by atoms with Crippen molar-refractivity contribution in [1.29, 1.82) is 0 Å². The van der Waals surface area contributed by atoms with Gasteiger partial charge in [0.1, 0.15) is 0 Å². The Balaban J connectivity index is 1.62. The number of nitro groups is 1. The van der Waals surface area contributed by atoms with E-state index < -0.39 is 21.0 Å². The number of benzene rings is 2. The quantitative estimate of drug-likeness (QED) is 0.539. The second kappa shape index (κ2) is 9.13. The molecule has 0 unspecified atom stereocenters. The second-order valence-corrected chi connectivity index (χ2v) is 9.60. The maximum atomic E-state index is 13.0. The molecule has 0 spiro atoms. The lowest BCUT2D eigenvalue weighted by atomic mass is 10.1. The van der Waals surface area contributed by atoms with Gasteiger partial charge in [-0.1, -0.05) is 12.1 Å². The van der Waals surface area contributed by atoms with E-state index in [0.717, 1.165) is 11.1 Å². The molecule has 2 aromatic carbocycles. The van der Waals surface area contributed by atoms with Gasteiger partial charge in [-0.3, -0.25) is 19.8 Å². The Labute approximate surface area is 181 Å². The van der Waals surface area contributed by atoms with Gasteiger partial charge in [0.05, 0.1) is 15.9 Å². The van der Waals surface area contributed by atoms with Crippen LogP contribution in [0.15, 0.2) is 47.4 Å². The van der Waals surface area contributed by atoms with E-state index in [-0.39, 0.29) is 29.6 Å². The monoisotopic (exact) mass is 446 g/mol. The van der Waals surface area contributed by atoms with Crippen LogP contribution in [0.3, 0.4) is 0 Å². The summed E-state index contributed by atoms with van der Waals surface area (Å²) in [7, 11) is -3.59. The lowest BCUT2D eigenvalue weighted by Crippen LogP contribution is -2.53. The molecule has 1 heterocycles. The van der Waals surface area contributed by atoms with Gasteiger partial charge >= 0.3 is 0 Å². The zero-order valence-corrected chi connectivity index (χ0v) is 18.6. The van der Waals surface area contributed by atoms with Crippen molar-refractivity contribution in [1.82, 2.24) is 9.21 Å². The predicted octanol–water partition coefficient (Wildman–Crippen LogP) is 2.55. The number of aryl methyl sites for hydroxylation is 2. The van der Waals surface area contributed by atoms with Crippen molar-refractivity contribution >= 4 is 27.3 Å². The summed E-state index contributed by atoms with van der Waals surface area (Å²) in [6.07, 6.45) is 0. The summed E-state index contributed by atoms with van der Waals surface area (Å²) in [5.74, 6) is -0.300. The van der Waals surface area contributed by atoms with E-state index in [9.17, 15) is 23.3 Å². The van der Waals surface area contributed by atoms with Crippen LogP contribution in [0.25, 0.3) is 0 Å². The fourth-order valence-corrected chi connectivity index (χ4v) is 4.97. The van der Waals surface area contributed by atoms with Crippen molar-refractivity contribution < 1.29 is 18.1 Å². The molecule has 0 radical (unpaired) electrons. The van der Waals surface area contributed by atoms with Gasteiger partial charge in [0, 0.05) is 44.0 Å². The number of carbonyl (C=O) groups excluding carboxylic acids is 1. The summed E-state index contributed by atoms with van der Waals surface area (Å²) < 4.78 is 27.4. The minimum atomic E-state index is -3.59. The fourth-order valence-electron chi connectivity index (χ4n) is 3.46. The van der Waals surface area contributed by atoms with E-state index in [1.54, 1.807) is 31.2 Å². The Morgan fingerprint density at radius 2 is 1.74 bits per heavy atom. The smallest absolute Gasteiger partial charge is 0.271 e. The van der Waals surface area contributed by atoms with Gasteiger partial charge in [-0.25, -0.2) is 8.42 Å². The maximum Gasteiger partial charge on any atom is 0.271 e. The average Bonchev–Trinajstić information content (AvgIpc) is 2.75. The van der Waals surface area contributed by atoms with E-state index in [4.69, 9.17) is 0 Å². The highest BCUT2D eigenvalue weighted by Gasteiger charge is 2.32. The molecular weight excluding hydrogens is 420 g/mol. The number of rotatable bonds is 6. The number of hydrogen-bond donors (Lipinski definition) is 1. The Kier molecular flexibility index (Phi) is 6.73. The number of hydrogen-bond acceptors (Lipinski definition) is 6. The van der Waals surface area contributed by atoms with Crippen molar-refractivity contribution in [2.75, 3.05) is 31.5 Å². The van der Waals surface area contributed by atoms with Crippen LogP contribution in [0.4, 0.5) is 11.4 Å². The molecule has 166 valence electrons. The van der Waals surface area contributed by atoms with Gasteiger partial charge in [0.15, 0.2) is 0 Å². The molecule has 1 aliphatic heterocycles. The van der Waals surface area contributed by atoms with Crippen LogP contribution < -0.4 is 5.32 Å². The van der Waals surface area contributed by atoms with Crippen LogP contribution in [0.5, 0.6) is 0 Å². The molecular formula is C21H26N4O5S. The van der Waals surface area contributed by atoms with Gasteiger partial charge in [-0.2, -0.15) is 4.31 Å². The number of nitrogens with zero attached hydrogens (tertiary/aromatic N) is 3. The van der Waals surface area contributed by atoms with Crippen LogP contribution in [0.2, 0.25) is 0 Å². The third kappa shape index (κ3) is 5.09. The SMILES string of the molecule is Cc1ccc(S(=O)(=O)N2CCN([C@@H](C)C(=O)Nc3cccc([N+](=O)[O-])c3)CC2)cc1C. The van der Waals surface area contributed by atoms with Gasteiger partial charge in [0.25, 0.3) is 5.69 Å². The van der Waals surface area contributed by atoms with Crippen molar-refractivity contribution in [2.24, 2.45) is 0 Å². The van der Waals surface area contributed by atoms with E-state index in [2.05, 4.69) is 5.32 Å². The highest BCUT2D eigenvalue weighted by molar-refractivity contribution is 7.89. The first kappa shape index (κ1) is 22.9. The Morgan fingerprint density at radius 3 is 2.35 bits per heavy atom. The molecule has 10 heteroatoms. The molecule has 0 saturated carbocycles. The molecule has 0 aliphatic carbocycles. The number of carbonyl (C=O) groups is 1. The van der Waals surface area contributed by atoms with Crippen LogP contribution in [-0.4, -0.2) is 60.7 Å². The number of piperazine rings is 1. The average molecular weight is 447 g/mol. The van der Waals surface area contributed by atoms with Gasteiger partial charge < -0.3 is 5.32 Å². The lowest BCUT2D eigenvalue weighted by Gasteiger charge is -2.36. The minimum absolute atomic E-state index is 0.101. The topological polar surface area (TPSA) is 113 Å². The van der Waals surface area contributed by atoms with Crippen LogP contribution >= 0.6 is 0 Å². The second-order valence-electron chi connectivity index (χ2n) is 7.66. The highest BCUT2D eigenvalue weighted by atomic mass is 32.2. The molecule has 0 bridgehead atoms. The number of anilines is 1. The van der Waals surface area contributed by atoms with Crippen molar-refractivity contribution in [3.8, 4) is 0 Å². The third-order valence-corrected chi connectivity index (χ3v) is 7.54. The number of nitrogens with one attached hydrogen (secondary N) is 1. The number of sulfonamides is 1. The van der Waals surface area contributed by atoms with E-state index in [1.807, 2.05) is 18.7 Å². The molecule has 1 aliphatic rings. The molecule has 0 aromatic heterocycles. The van der Waals surface area contributed by atoms with Crippen molar-refractivity contribution in [3.05, 3.63) is 63.7 Å². The Hall–Kier alpha value is -2.82. The minimum Gasteiger partial charge on any atom is -0.324 e. The largest absolute Gasteiger partial charge is 0.324 e. The first-order valence-corrected chi connectivity index (χ1v) is 11.4. The summed E-state index contributed by atoms with van der Waals surface area (Å²) in [5.41, 5.74) is 2.20. The first-order chi connectivity index (χ1) is 14.6. The molecule has 1 atom stereocenters. The molecule has 2 aromatic rings. The lowest BCUT2D eigenvalue weighted by molar-refractivity contribution is -0.384. The standard InChI is InChI=1S/C21H26N4O5S/c1-15-7-8-20(13-16(15)2)31(29,30)24-11-9-23(10-12-24)17(3)21(26)22-18-5-4-6-19(14-18)25(27)28/h4-8,13-14,17H,9-12H2,1-3H3,(H,22,26)/t17-/m0/s1. The van der Waals surface area contributed by atoms with Gasteiger partial charge in [0.2, 0.25) is 15.9 Å². The predicted molar refractivity (Wildman–Crippen MR) is 117 cm³/mol. The van der Waals surface area contributed by atoms with E-state index in [0.29, 0.717) is 18.8 Å². The molecule has 3 rings (SSSR count). The third-order valence-electron chi connectivity index (χ3n) is 5.64. The van der Waals surface area contributed by atoms with E-state index in [1.165, 1.54) is 22.5 Å². The van der Waals surface area contributed by atoms with Crippen LogP contribution in [0.1, 0.15) is 18.1 Å². The van der Waals surface area contributed by atoms with E-state index >= 15 is 0 Å². The summed E-state index contributed by atoms with van der Waals surface area (Å²) in [4.78, 5) is 25.2. The summed E-state index contributed by atoms with van der Waals surface area (Å²) in [6.45, 7) is 6.94. The number of nitro benzene ring substituents is 1. The van der Waals surface area contributed by atoms with Gasteiger partial charge in [-0.15, -0.1) is 0 Å². The zero-order chi connectivity index (χ0) is 22.8. The van der Waals surface area contributed by atoms with Crippen molar-refractivity contribution in [2.45, 2.75) is 31.7 Å². The first-order valence-electron chi connectivity index (χ1n) is 9.96.